The van der Waals surface area contributed by atoms with E-state index < -0.39 is 0 Å². The summed E-state index contributed by atoms with van der Waals surface area (Å²) in [7, 11) is 0. The minimum atomic E-state index is -0.207. The molecule has 0 radical (unpaired) electrons. The van der Waals surface area contributed by atoms with Crippen molar-refractivity contribution in [3.8, 4) is 6.07 Å². The second-order valence-electron chi connectivity index (χ2n) is 10.6. The van der Waals surface area contributed by atoms with Gasteiger partial charge in [-0.2, -0.15) is 5.26 Å². The number of carbonyl (C=O) groups excluding carboxylic acids is 1. The van der Waals surface area contributed by atoms with Gasteiger partial charge in [-0.25, -0.2) is 9.37 Å². The Hall–Kier alpha value is -4.06. The van der Waals surface area contributed by atoms with Crippen LogP contribution in [-0.2, 0) is 17.9 Å². The highest BCUT2D eigenvalue weighted by atomic mass is 19.1. The minimum Gasteiger partial charge on any atom is -0.369 e. The van der Waals surface area contributed by atoms with Crippen LogP contribution in [0.3, 0.4) is 0 Å². The van der Waals surface area contributed by atoms with Crippen LogP contribution in [0.15, 0.2) is 73.4 Å². The van der Waals surface area contributed by atoms with Crippen LogP contribution in [0.25, 0.3) is 5.70 Å². The molecule has 2 aliphatic heterocycles. The molecule has 206 valence electrons. The smallest absolute Gasteiger partial charge is 0.228 e. The van der Waals surface area contributed by atoms with Crippen LogP contribution in [0, 0.1) is 23.1 Å². The number of nitrogens with zero attached hydrogens (tertiary/aromatic N) is 5. The monoisotopic (exact) mass is 538 g/mol. The maximum atomic E-state index is 13.2. The van der Waals surface area contributed by atoms with Crippen molar-refractivity contribution in [2.24, 2.45) is 5.92 Å². The number of halogens is 1. The molecule has 0 saturated carbocycles. The van der Waals surface area contributed by atoms with Gasteiger partial charge in [-0.1, -0.05) is 30.8 Å². The molecule has 8 heteroatoms. The summed E-state index contributed by atoms with van der Waals surface area (Å²) in [5, 5.41) is 12.0. The zero-order valence-corrected chi connectivity index (χ0v) is 22.7. The number of carbonyl (C=O) groups is 1. The molecule has 2 fully saturated rings. The van der Waals surface area contributed by atoms with Gasteiger partial charge in [-0.05, 0) is 73.5 Å². The van der Waals surface area contributed by atoms with E-state index in [1.165, 1.54) is 17.7 Å². The van der Waals surface area contributed by atoms with Crippen LogP contribution in [0.1, 0.15) is 35.1 Å². The maximum absolute atomic E-state index is 13.2. The van der Waals surface area contributed by atoms with E-state index >= 15 is 0 Å². The first-order chi connectivity index (χ1) is 19.5. The highest BCUT2D eigenvalue weighted by Gasteiger charge is 2.25. The van der Waals surface area contributed by atoms with Crippen LogP contribution in [0.2, 0.25) is 0 Å². The molecule has 40 heavy (non-hydrogen) atoms. The Labute approximate surface area is 235 Å². The number of anilines is 1. The second-order valence-corrected chi connectivity index (χ2v) is 10.6. The van der Waals surface area contributed by atoms with Crippen molar-refractivity contribution < 1.29 is 9.18 Å². The van der Waals surface area contributed by atoms with E-state index in [4.69, 9.17) is 5.26 Å². The summed E-state index contributed by atoms with van der Waals surface area (Å²) in [5.41, 5.74) is 4.84. The van der Waals surface area contributed by atoms with Crippen molar-refractivity contribution in [3.63, 3.8) is 0 Å². The van der Waals surface area contributed by atoms with Crippen molar-refractivity contribution in [1.29, 1.82) is 5.26 Å². The topological polar surface area (TPSA) is 75.5 Å². The molecule has 5 rings (SSSR count). The van der Waals surface area contributed by atoms with Gasteiger partial charge in [0.1, 0.15) is 11.6 Å². The Balaban J connectivity index is 1.05. The summed E-state index contributed by atoms with van der Waals surface area (Å²) in [6, 6.07) is 20.4. The second kappa shape index (κ2) is 12.9. The first kappa shape index (κ1) is 27.5. The quantitative estimate of drug-likeness (QED) is 0.447. The molecule has 2 saturated heterocycles. The SMILES string of the molecule is C=C(c1ccc(NC(=O)C2CCN(Cc3ccc(C#N)cc3)CC2)nc1)N1CCN(Cc2ccc(F)cc2)CC1. The summed E-state index contributed by atoms with van der Waals surface area (Å²) in [6.07, 6.45) is 3.40. The molecule has 0 unspecified atom stereocenters. The zero-order valence-electron chi connectivity index (χ0n) is 22.7. The molecule has 0 bridgehead atoms. The average molecular weight is 539 g/mol. The third-order valence-electron chi connectivity index (χ3n) is 7.87. The summed E-state index contributed by atoms with van der Waals surface area (Å²) in [5.74, 6) is 0.349. The molecule has 7 nitrogen and oxygen atoms in total. The number of nitriles is 1. The predicted molar refractivity (Wildman–Crippen MR) is 154 cm³/mol. The summed E-state index contributed by atoms with van der Waals surface area (Å²) in [6.45, 7) is 11.2. The fourth-order valence-electron chi connectivity index (χ4n) is 5.37. The molecule has 1 N–H and O–H groups in total. The molecule has 3 heterocycles. The maximum Gasteiger partial charge on any atom is 0.228 e. The standard InChI is InChI=1S/C32H35FN6O/c1-24(39-18-16-38(17-19-39)23-27-6-9-30(33)10-7-27)29-8-11-31(35-21-29)36-32(40)28-12-14-37(15-13-28)22-26-4-2-25(20-34)3-5-26/h2-11,21,28H,1,12-19,22-23H2,(H,35,36,40). The lowest BCUT2D eigenvalue weighted by molar-refractivity contribution is -0.121. The van der Waals surface area contributed by atoms with Crippen molar-refractivity contribution in [2.45, 2.75) is 25.9 Å². The number of nitrogens with one attached hydrogen (secondary N) is 1. The number of hydrogen-bond acceptors (Lipinski definition) is 6. The molecular formula is C32H35FN6O. The minimum absolute atomic E-state index is 0.0226. The average Bonchev–Trinajstić information content (AvgIpc) is 2.99. The lowest BCUT2D eigenvalue weighted by atomic mass is 9.95. The lowest BCUT2D eigenvalue weighted by Gasteiger charge is -2.37. The molecule has 2 aromatic carbocycles. The third-order valence-corrected chi connectivity index (χ3v) is 7.87. The number of piperidine rings is 1. The number of benzene rings is 2. The Kier molecular flexibility index (Phi) is 8.84. The lowest BCUT2D eigenvalue weighted by Crippen LogP contribution is -2.44. The Morgan fingerprint density at radius 1 is 0.900 bits per heavy atom. The van der Waals surface area contributed by atoms with E-state index in [0.29, 0.717) is 11.4 Å². The third kappa shape index (κ3) is 7.12. The van der Waals surface area contributed by atoms with Crippen LogP contribution in [0.4, 0.5) is 10.2 Å². The van der Waals surface area contributed by atoms with Crippen molar-refractivity contribution in [2.75, 3.05) is 44.6 Å². The highest BCUT2D eigenvalue weighted by molar-refractivity contribution is 5.91. The Morgan fingerprint density at radius 2 is 1.50 bits per heavy atom. The number of aromatic nitrogens is 1. The zero-order chi connectivity index (χ0) is 27.9. The summed E-state index contributed by atoms with van der Waals surface area (Å²) in [4.78, 5) is 24.4. The number of amides is 1. The van der Waals surface area contributed by atoms with Gasteiger partial charge in [0.15, 0.2) is 0 Å². The van der Waals surface area contributed by atoms with E-state index in [-0.39, 0.29) is 17.6 Å². The van der Waals surface area contributed by atoms with E-state index in [1.807, 2.05) is 48.5 Å². The van der Waals surface area contributed by atoms with Crippen LogP contribution in [0.5, 0.6) is 0 Å². The molecule has 1 amide bonds. The van der Waals surface area contributed by atoms with E-state index in [2.05, 4.69) is 37.6 Å². The van der Waals surface area contributed by atoms with Gasteiger partial charge in [-0.15, -0.1) is 0 Å². The summed E-state index contributed by atoms with van der Waals surface area (Å²) < 4.78 is 13.2. The normalized spacial score (nSPS) is 16.9. The van der Waals surface area contributed by atoms with Gasteiger partial charge >= 0.3 is 0 Å². The predicted octanol–water partition coefficient (Wildman–Crippen LogP) is 4.73. The van der Waals surface area contributed by atoms with Crippen molar-refractivity contribution in [1.82, 2.24) is 19.7 Å². The molecule has 2 aliphatic rings. The van der Waals surface area contributed by atoms with Crippen molar-refractivity contribution in [3.05, 3.63) is 102 Å². The number of hydrogen-bond donors (Lipinski definition) is 1. The summed E-state index contributed by atoms with van der Waals surface area (Å²) >= 11 is 0. The van der Waals surface area contributed by atoms with Crippen molar-refractivity contribution >= 4 is 17.4 Å². The van der Waals surface area contributed by atoms with Crippen LogP contribution < -0.4 is 5.32 Å². The van der Waals surface area contributed by atoms with Crippen LogP contribution in [-0.4, -0.2) is 64.9 Å². The molecule has 0 atom stereocenters. The number of pyridine rings is 1. The first-order valence-electron chi connectivity index (χ1n) is 13.9. The van der Waals surface area contributed by atoms with Gasteiger partial charge < -0.3 is 10.2 Å². The fourth-order valence-corrected chi connectivity index (χ4v) is 5.37. The van der Waals surface area contributed by atoms with E-state index in [0.717, 1.165) is 82.0 Å². The number of rotatable bonds is 8. The fraction of sp³-hybridized carbons (Fsp3) is 0.344. The van der Waals surface area contributed by atoms with Gasteiger partial charge in [0.05, 0.1) is 11.6 Å². The first-order valence-corrected chi connectivity index (χ1v) is 13.9. The van der Waals surface area contributed by atoms with Gasteiger partial charge in [0, 0.05) is 62.6 Å². The van der Waals surface area contributed by atoms with Gasteiger partial charge in [-0.3, -0.25) is 14.6 Å². The van der Waals surface area contributed by atoms with Crippen LogP contribution >= 0.6 is 0 Å². The van der Waals surface area contributed by atoms with E-state index in [1.54, 1.807) is 6.20 Å². The van der Waals surface area contributed by atoms with Gasteiger partial charge in [0.25, 0.3) is 0 Å². The van der Waals surface area contributed by atoms with E-state index in [9.17, 15) is 9.18 Å². The molecule has 1 aromatic heterocycles. The molecule has 0 spiro atoms. The molecule has 0 aliphatic carbocycles. The number of likely N-dealkylation sites (tertiary alicyclic amines) is 1. The Morgan fingerprint density at radius 3 is 2.08 bits per heavy atom. The van der Waals surface area contributed by atoms with Gasteiger partial charge in [0.2, 0.25) is 5.91 Å². The largest absolute Gasteiger partial charge is 0.369 e. The molecule has 3 aromatic rings. The molecular weight excluding hydrogens is 503 g/mol. The number of piperazine rings is 1. The Bertz CT molecular complexity index is 1330. The highest BCUT2D eigenvalue weighted by Crippen LogP contribution is 2.23.